The van der Waals surface area contributed by atoms with E-state index in [1.807, 2.05) is 18.2 Å². The van der Waals surface area contributed by atoms with Gasteiger partial charge in [-0.15, -0.1) is 0 Å². The van der Waals surface area contributed by atoms with Gasteiger partial charge in [0.05, 0.1) is 12.0 Å². The molecule has 1 aliphatic heterocycles. The van der Waals surface area contributed by atoms with E-state index in [0.29, 0.717) is 6.54 Å². The third-order valence-electron chi connectivity index (χ3n) is 4.08. The Kier molecular flexibility index (Phi) is 4.16. The fourth-order valence-corrected chi connectivity index (χ4v) is 3.07. The maximum atomic E-state index is 11.2. The average molecular weight is 313 g/mol. The van der Waals surface area contributed by atoms with E-state index in [1.54, 1.807) is 12.1 Å². The molecule has 2 aromatic rings. The first-order chi connectivity index (χ1) is 11.1. The lowest BCUT2D eigenvalue weighted by molar-refractivity contribution is -0.385. The molecule has 0 spiro atoms. The number of rotatable bonds is 4. The van der Waals surface area contributed by atoms with Crippen molar-refractivity contribution in [1.82, 2.24) is 0 Å². The van der Waals surface area contributed by atoms with Crippen LogP contribution in [0.3, 0.4) is 0 Å². The number of hydrogen-bond donors (Lipinski definition) is 1. The van der Waals surface area contributed by atoms with E-state index < -0.39 is 4.92 Å². The summed E-state index contributed by atoms with van der Waals surface area (Å²) in [6.45, 7) is 1.31. The molecule has 0 fully saturated rings. The van der Waals surface area contributed by atoms with Gasteiger partial charge in [0, 0.05) is 30.9 Å². The third kappa shape index (κ3) is 3.12. The van der Waals surface area contributed by atoms with E-state index in [2.05, 4.69) is 17.0 Å². The molecule has 6 nitrogen and oxygen atoms in total. The van der Waals surface area contributed by atoms with Crippen LogP contribution in [0.1, 0.15) is 11.1 Å². The summed E-state index contributed by atoms with van der Waals surface area (Å²) in [5.41, 5.74) is 9.36. The zero-order valence-electron chi connectivity index (χ0n) is 12.9. The monoisotopic (exact) mass is 313 g/mol. The molecule has 0 radical (unpaired) electrons. The van der Waals surface area contributed by atoms with Crippen molar-refractivity contribution in [2.45, 2.75) is 19.0 Å². The molecule has 0 aromatic heterocycles. The van der Waals surface area contributed by atoms with Crippen LogP contribution in [0.15, 0.2) is 42.5 Å². The Labute approximate surface area is 134 Å². The number of fused-ring (bicyclic) bond motifs is 1. The van der Waals surface area contributed by atoms with Crippen molar-refractivity contribution in [2.24, 2.45) is 5.73 Å². The van der Waals surface area contributed by atoms with Crippen molar-refractivity contribution in [3.8, 4) is 5.75 Å². The van der Waals surface area contributed by atoms with Crippen LogP contribution in [0, 0.1) is 10.1 Å². The second kappa shape index (κ2) is 6.26. The molecular formula is C17H19N3O3. The van der Waals surface area contributed by atoms with Crippen LogP contribution in [0.2, 0.25) is 0 Å². The Balaban J connectivity index is 1.90. The Morgan fingerprint density at radius 2 is 2.13 bits per heavy atom. The number of ether oxygens (including phenoxy) is 1. The first-order valence-corrected chi connectivity index (χ1v) is 7.48. The van der Waals surface area contributed by atoms with Gasteiger partial charge in [0.15, 0.2) is 5.75 Å². The highest BCUT2D eigenvalue weighted by atomic mass is 16.6. The predicted molar refractivity (Wildman–Crippen MR) is 88.8 cm³/mol. The molecule has 0 saturated heterocycles. The number of hydrogen-bond acceptors (Lipinski definition) is 5. The molecular weight excluding hydrogens is 294 g/mol. The summed E-state index contributed by atoms with van der Waals surface area (Å²) in [7, 11) is 1.43. The predicted octanol–water partition coefficient (Wildman–Crippen LogP) is 2.49. The summed E-state index contributed by atoms with van der Waals surface area (Å²) in [4.78, 5) is 12.9. The molecule has 2 N–H and O–H groups in total. The van der Waals surface area contributed by atoms with Crippen molar-refractivity contribution in [3.63, 3.8) is 0 Å². The lowest BCUT2D eigenvalue weighted by Gasteiger charge is -2.34. The summed E-state index contributed by atoms with van der Waals surface area (Å²) in [5, 5.41) is 11.2. The van der Waals surface area contributed by atoms with Crippen LogP contribution < -0.4 is 15.4 Å². The van der Waals surface area contributed by atoms with Crippen molar-refractivity contribution in [2.75, 3.05) is 18.6 Å². The van der Waals surface area contributed by atoms with Crippen molar-refractivity contribution in [3.05, 3.63) is 63.7 Å². The number of nitro benzene ring substituents is 1. The Morgan fingerprint density at radius 1 is 1.35 bits per heavy atom. The van der Waals surface area contributed by atoms with Gasteiger partial charge in [-0.25, -0.2) is 0 Å². The van der Waals surface area contributed by atoms with Crippen molar-refractivity contribution in [1.29, 1.82) is 0 Å². The number of benzene rings is 2. The highest BCUT2D eigenvalue weighted by molar-refractivity contribution is 5.57. The summed E-state index contributed by atoms with van der Waals surface area (Å²) < 4.78 is 5.05. The zero-order chi connectivity index (χ0) is 16.4. The molecule has 2 aromatic carbocycles. The number of nitrogens with zero attached hydrogens (tertiary/aromatic N) is 2. The smallest absolute Gasteiger partial charge is 0.311 e. The number of nitro groups is 1. The van der Waals surface area contributed by atoms with Crippen LogP contribution in [0.25, 0.3) is 0 Å². The van der Waals surface area contributed by atoms with Crippen LogP contribution in [0.4, 0.5) is 11.4 Å². The van der Waals surface area contributed by atoms with Crippen LogP contribution in [-0.4, -0.2) is 24.6 Å². The summed E-state index contributed by atoms with van der Waals surface area (Å²) in [5.74, 6) is 0.273. The van der Waals surface area contributed by atoms with Gasteiger partial charge in [-0.05, 0) is 29.7 Å². The largest absolute Gasteiger partial charge is 0.490 e. The zero-order valence-corrected chi connectivity index (χ0v) is 12.9. The van der Waals surface area contributed by atoms with E-state index >= 15 is 0 Å². The van der Waals surface area contributed by atoms with Crippen molar-refractivity contribution >= 4 is 11.4 Å². The second-order valence-electron chi connectivity index (χ2n) is 5.74. The van der Waals surface area contributed by atoms with Gasteiger partial charge in [-0.2, -0.15) is 0 Å². The van der Waals surface area contributed by atoms with Crippen LogP contribution >= 0.6 is 0 Å². The first kappa shape index (κ1) is 15.3. The van der Waals surface area contributed by atoms with Crippen LogP contribution in [0.5, 0.6) is 5.75 Å². The standard InChI is InChI=1S/C17H19N3O3/c1-23-17-7-6-12(8-16(17)20(21)22)10-19-11-14(18)9-13-4-2-3-5-15(13)19/h2-8,14H,9-11,18H2,1H3. The number of methoxy groups -OCH3 is 1. The van der Waals surface area contributed by atoms with E-state index in [9.17, 15) is 10.1 Å². The highest BCUT2D eigenvalue weighted by Crippen LogP contribution is 2.31. The van der Waals surface area contributed by atoms with Gasteiger partial charge in [-0.1, -0.05) is 24.3 Å². The Morgan fingerprint density at radius 3 is 2.87 bits per heavy atom. The fourth-order valence-electron chi connectivity index (χ4n) is 3.07. The quantitative estimate of drug-likeness (QED) is 0.693. The fraction of sp³-hybridized carbons (Fsp3) is 0.294. The molecule has 0 aliphatic carbocycles. The van der Waals surface area contributed by atoms with Gasteiger partial charge in [0.2, 0.25) is 0 Å². The summed E-state index contributed by atoms with van der Waals surface area (Å²) >= 11 is 0. The minimum Gasteiger partial charge on any atom is -0.490 e. The molecule has 0 bridgehead atoms. The van der Waals surface area contributed by atoms with E-state index in [4.69, 9.17) is 10.5 Å². The number of nitrogens with two attached hydrogens (primary N) is 1. The number of para-hydroxylation sites is 1. The first-order valence-electron chi connectivity index (χ1n) is 7.48. The lowest BCUT2D eigenvalue weighted by Crippen LogP contribution is -2.42. The molecule has 120 valence electrons. The minimum absolute atomic E-state index is 0.0143. The topological polar surface area (TPSA) is 81.6 Å². The highest BCUT2D eigenvalue weighted by Gasteiger charge is 2.23. The van der Waals surface area contributed by atoms with Crippen molar-refractivity contribution < 1.29 is 9.66 Å². The van der Waals surface area contributed by atoms with E-state index in [1.165, 1.54) is 12.7 Å². The van der Waals surface area contributed by atoms with E-state index in [0.717, 1.165) is 24.2 Å². The average Bonchev–Trinajstić information content (AvgIpc) is 2.54. The van der Waals surface area contributed by atoms with Gasteiger partial charge in [0.25, 0.3) is 0 Å². The molecule has 1 heterocycles. The molecule has 1 aliphatic rings. The SMILES string of the molecule is COc1ccc(CN2CC(N)Cc3ccccc32)cc1[N+](=O)[O-]. The molecule has 0 saturated carbocycles. The number of anilines is 1. The molecule has 6 heteroatoms. The Hall–Kier alpha value is -2.60. The normalized spacial score (nSPS) is 16.8. The maximum Gasteiger partial charge on any atom is 0.311 e. The second-order valence-corrected chi connectivity index (χ2v) is 5.74. The molecule has 1 atom stereocenters. The van der Waals surface area contributed by atoms with Crippen LogP contribution in [-0.2, 0) is 13.0 Å². The molecule has 1 unspecified atom stereocenters. The molecule has 23 heavy (non-hydrogen) atoms. The Bertz CT molecular complexity index is 733. The molecule has 3 rings (SSSR count). The summed E-state index contributed by atoms with van der Waals surface area (Å²) in [6.07, 6.45) is 0.857. The van der Waals surface area contributed by atoms with Gasteiger partial charge in [-0.3, -0.25) is 10.1 Å². The van der Waals surface area contributed by atoms with E-state index in [-0.39, 0.29) is 17.5 Å². The lowest BCUT2D eigenvalue weighted by atomic mass is 9.98. The van der Waals surface area contributed by atoms with Gasteiger partial charge in [0.1, 0.15) is 0 Å². The van der Waals surface area contributed by atoms with Gasteiger partial charge >= 0.3 is 5.69 Å². The summed E-state index contributed by atoms with van der Waals surface area (Å²) in [6, 6.07) is 13.3. The van der Waals surface area contributed by atoms with Gasteiger partial charge < -0.3 is 15.4 Å². The molecule has 0 amide bonds. The third-order valence-corrected chi connectivity index (χ3v) is 4.08. The maximum absolute atomic E-state index is 11.2. The minimum atomic E-state index is -0.418.